The van der Waals surface area contributed by atoms with E-state index in [0.717, 1.165) is 5.56 Å². The summed E-state index contributed by atoms with van der Waals surface area (Å²) in [7, 11) is 0. The van der Waals surface area contributed by atoms with Crippen LogP contribution in [0, 0.1) is 0 Å². The Bertz CT molecular complexity index is 323. The molecule has 1 N–H and O–H groups in total. The molecule has 0 heterocycles. The Morgan fingerprint density at radius 3 is 2.33 bits per heavy atom. The summed E-state index contributed by atoms with van der Waals surface area (Å²) in [6, 6.07) is 5.84. The summed E-state index contributed by atoms with van der Waals surface area (Å²) in [5.74, 6) is 0. The summed E-state index contributed by atoms with van der Waals surface area (Å²) in [6.45, 7) is 0.320. The number of alkyl halides is 3. The molecule has 0 aliphatic rings. The molecule has 0 fully saturated rings. The zero-order valence-electron chi connectivity index (χ0n) is 7.54. The second-order valence-electron chi connectivity index (χ2n) is 2.69. The maximum Gasteiger partial charge on any atom is 0.446 e. The number of hydrogen-bond donors (Lipinski definition) is 1. The van der Waals surface area contributed by atoms with Gasteiger partial charge in [0.15, 0.2) is 0 Å². The second kappa shape index (κ2) is 5.06. The van der Waals surface area contributed by atoms with E-state index in [4.69, 9.17) is 0 Å². The third-order valence-electron chi connectivity index (χ3n) is 1.55. The minimum Gasteiger partial charge on any atom is -0.355 e. The van der Waals surface area contributed by atoms with Crippen molar-refractivity contribution in [1.82, 2.24) is 5.32 Å². The highest BCUT2D eigenvalue weighted by Crippen LogP contribution is 2.36. The van der Waals surface area contributed by atoms with Crippen molar-refractivity contribution in [3.63, 3.8) is 0 Å². The van der Waals surface area contributed by atoms with Crippen molar-refractivity contribution >= 4 is 18.2 Å². The van der Waals surface area contributed by atoms with Gasteiger partial charge in [0.2, 0.25) is 6.41 Å². The lowest BCUT2D eigenvalue weighted by molar-refractivity contribution is -0.109. The van der Waals surface area contributed by atoms with Crippen LogP contribution in [0.25, 0.3) is 0 Å². The quantitative estimate of drug-likeness (QED) is 0.642. The highest BCUT2D eigenvalue weighted by Gasteiger charge is 2.28. The Labute approximate surface area is 88.9 Å². The number of amides is 1. The second-order valence-corrected chi connectivity index (χ2v) is 3.83. The van der Waals surface area contributed by atoms with Crippen molar-refractivity contribution in [3.05, 3.63) is 29.8 Å². The Morgan fingerprint density at radius 2 is 1.87 bits per heavy atom. The van der Waals surface area contributed by atoms with E-state index in [1.165, 1.54) is 12.1 Å². The maximum atomic E-state index is 11.9. The molecular weight excluding hydrogens is 227 g/mol. The van der Waals surface area contributed by atoms with E-state index in [1.807, 2.05) is 0 Å². The average Bonchev–Trinajstić information content (AvgIpc) is 2.14. The van der Waals surface area contributed by atoms with Crippen LogP contribution in [0.4, 0.5) is 13.2 Å². The summed E-state index contributed by atoms with van der Waals surface area (Å²) in [6.07, 6.45) is 0.540. The molecule has 0 spiro atoms. The van der Waals surface area contributed by atoms with Crippen LogP contribution in [0.3, 0.4) is 0 Å². The summed E-state index contributed by atoms with van der Waals surface area (Å²) < 4.78 is 35.8. The molecule has 1 aromatic rings. The first-order chi connectivity index (χ1) is 7.01. The SMILES string of the molecule is O=CNCc1ccc(SC(F)(F)F)cc1. The molecule has 0 aromatic heterocycles. The highest BCUT2D eigenvalue weighted by molar-refractivity contribution is 8.00. The third kappa shape index (κ3) is 4.73. The van der Waals surface area contributed by atoms with Gasteiger partial charge < -0.3 is 5.32 Å². The normalized spacial score (nSPS) is 11.1. The molecule has 15 heavy (non-hydrogen) atoms. The van der Waals surface area contributed by atoms with Crippen LogP contribution in [0.2, 0.25) is 0 Å². The van der Waals surface area contributed by atoms with Gasteiger partial charge in [0.05, 0.1) is 0 Å². The van der Waals surface area contributed by atoms with Crippen LogP contribution < -0.4 is 5.32 Å². The monoisotopic (exact) mass is 235 g/mol. The lowest BCUT2D eigenvalue weighted by Crippen LogP contribution is -2.09. The van der Waals surface area contributed by atoms with Crippen LogP contribution in [0.5, 0.6) is 0 Å². The van der Waals surface area contributed by atoms with Crippen LogP contribution in [0.1, 0.15) is 5.56 Å². The molecule has 2 nitrogen and oxygen atoms in total. The first-order valence-electron chi connectivity index (χ1n) is 4.03. The van der Waals surface area contributed by atoms with Gasteiger partial charge in [-0.1, -0.05) is 12.1 Å². The van der Waals surface area contributed by atoms with Gasteiger partial charge in [-0.2, -0.15) is 13.2 Å². The van der Waals surface area contributed by atoms with Gasteiger partial charge in [-0.05, 0) is 29.5 Å². The van der Waals surface area contributed by atoms with E-state index in [-0.39, 0.29) is 16.7 Å². The van der Waals surface area contributed by atoms with Crippen molar-refractivity contribution in [2.45, 2.75) is 16.9 Å². The Hall–Kier alpha value is -1.17. The lowest BCUT2D eigenvalue weighted by atomic mass is 10.2. The molecule has 82 valence electrons. The number of carbonyl (C=O) groups is 1. The number of rotatable bonds is 4. The topological polar surface area (TPSA) is 29.1 Å². The average molecular weight is 235 g/mol. The maximum absolute atomic E-state index is 11.9. The predicted octanol–water partition coefficient (Wildman–Crippen LogP) is 2.54. The first-order valence-corrected chi connectivity index (χ1v) is 4.84. The van der Waals surface area contributed by atoms with E-state index in [1.54, 1.807) is 12.1 Å². The number of thioether (sulfide) groups is 1. The van der Waals surface area contributed by atoms with E-state index in [2.05, 4.69) is 5.32 Å². The molecule has 0 bridgehead atoms. The van der Waals surface area contributed by atoms with E-state index < -0.39 is 5.51 Å². The van der Waals surface area contributed by atoms with Crippen LogP contribution in [0.15, 0.2) is 29.2 Å². The number of halogens is 3. The van der Waals surface area contributed by atoms with Crippen LogP contribution in [-0.4, -0.2) is 11.9 Å². The van der Waals surface area contributed by atoms with Gasteiger partial charge >= 0.3 is 5.51 Å². The fraction of sp³-hybridized carbons (Fsp3) is 0.222. The molecule has 1 rings (SSSR count). The van der Waals surface area contributed by atoms with Gasteiger partial charge in [0, 0.05) is 11.4 Å². The zero-order chi connectivity index (χ0) is 11.3. The number of nitrogens with one attached hydrogen (secondary N) is 1. The smallest absolute Gasteiger partial charge is 0.355 e. The molecule has 1 amide bonds. The molecule has 0 saturated carbocycles. The van der Waals surface area contributed by atoms with Crippen LogP contribution >= 0.6 is 11.8 Å². The molecule has 0 saturated heterocycles. The van der Waals surface area contributed by atoms with Crippen molar-refractivity contribution < 1.29 is 18.0 Å². The number of benzene rings is 1. The van der Waals surface area contributed by atoms with E-state index in [9.17, 15) is 18.0 Å². The Morgan fingerprint density at radius 1 is 1.27 bits per heavy atom. The molecule has 0 aliphatic heterocycles. The van der Waals surface area contributed by atoms with E-state index >= 15 is 0 Å². The number of hydrogen-bond acceptors (Lipinski definition) is 2. The zero-order valence-corrected chi connectivity index (χ0v) is 8.36. The standard InChI is InChI=1S/C9H8F3NOS/c10-9(11,12)15-8-3-1-7(2-4-8)5-13-6-14/h1-4,6H,5H2,(H,13,14). The van der Waals surface area contributed by atoms with Gasteiger partial charge in [0.1, 0.15) is 0 Å². The fourth-order valence-electron chi connectivity index (χ4n) is 0.968. The summed E-state index contributed by atoms with van der Waals surface area (Å²) in [5.41, 5.74) is -3.50. The van der Waals surface area contributed by atoms with Gasteiger partial charge in [0.25, 0.3) is 0 Å². The summed E-state index contributed by atoms with van der Waals surface area (Å²) >= 11 is -0.157. The molecule has 0 atom stereocenters. The Balaban J connectivity index is 2.60. The Kier molecular flexibility index (Phi) is 4.02. The van der Waals surface area contributed by atoms with Gasteiger partial charge in [-0.25, -0.2) is 0 Å². The first kappa shape index (κ1) is 11.9. The summed E-state index contributed by atoms with van der Waals surface area (Å²) in [5, 5.41) is 2.42. The summed E-state index contributed by atoms with van der Waals surface area (Å²) in [4.78, 5) is 10.1. The molecular formula is C9H8F3NOS. The predicted molar refractivity (Wildman–Crippen MR) is 51.3 cm³/mol. The minimum atomic E-state index is -4.26. The van der Waals surface area contributed by atoms with Gasteiger partial charge in [-0.3, -0.25) is 4.79 Å². The molecule has 0 aliphatic carbocycles. The van der Waals surface area contributed by atoms with Crippen molar-refractivity contribution in [2.75, 3.05) is 0 Å². The van der Waals surface area contributed by atoms with E-state index in [0.29, 0.717) is 13.0 Å². The van der Waals surface area contributed by atoms with Crippen molar-refractivity contribution in [2.24, 2.45) is 0 Å². The van der Waals surface area contributed by atoms with Gasteiger partial charge in [-0.15, -0.1) is 0 Å². The molecule has 0 unspecified atom stereocenters. The van der Waals surface area contributed by atoms with Crippen molar-refractivity contribution in [3.8, 4) is 0 Å². The van der Waals surface area contributed by atoms with Crippen LogP contribution in [-0.2, 0) is 11.3 Å². The molecule has 0 radical (unpaired) electrons. The largest absolute Gasteiger partial charge is 0.446 e. The fourth-order valence-corrected chi connectivity index (χ4v) is 1.51. The number of carbonyl (C=O) groups excluding carboxylic acids is 1. The minimum absolute atomic E-state index is 0.136. The molecule has 6 heteroatoms. The third-order valence-corrected chi connectivity index (χ3v) is 2.29. The molecule has 1 aromatic carbocycles. The lowest BCUT2D eigenvalue weighted by Gasteiger charge is -2.06. The van der Waals surface area contributed by atoms with Crippen molar-refractivity contribution in [1.29, 1.82) is 0 Å². The highest BCUT2D eigenvalue weighted by atomic mass is 32.2.